The van der Waals surface area contributed by atoms with Crippen molar-refractivity contribution in [2.75, 3.05) is 38.2 Å². The number of anilines is 1. The highest BCUT2D eigenvalue weighted by Gasteiger charge is 2.24. The van der Waals surface area contributed by atoms with Gasteiger partial charge in [-0.3, -0.25) is 9.59 Å². The zero-order valence-electron chi connectivity index (χ0n) is 13.5. The molecule has 0 saturated carbocycles. The third-order valence-electron chi connectivity index (χ3n) is 4.31. The zero-order chi connectivity index (χ0) is 16.9. The Kier molecular flexibility index (Phi) is 5.71. The van der Waals surface area contributed by atoms with E-state index in [1.807, 2.05) is 0 Å². The molecule has 24 heavy (non-hydrogen) atoms. The Morgan fingerprint density at radius 2 is 2.12 bits per heavy atom. The van der Waals surface area contributed by atoms with E-state index in [1.165, 1.54) is 0 Å². The first-order chi connectivity index (χ1) is 11.6. The predicted octanol–water partition coefficient (Wildman–Crippen LogP) is 1.89. The van der Waals surface area contributed by atoms with Gasteiger partial charge in [0.25, 0.3) is 5.91 Å². The normalized spacial score (nSPS) is 20.9. The van der Waals surface area contributed by atoms with E-state index in [0.29, 0.717) is 35.9 Å². The number of rotatable bonds is 4. The minimum atomic E-state index is -0.143. The van der Waals surface area contributed by atoms with Crippen molar-refractivity contribution in [3.05, 3.63) is 28.8 Å². The molecule has 2 heterocycles. The van der Waals surface area contributed by atoms with Crippen molar-refractivity contribution in [2.45, 2.75) is 25.3 Å². The number of morpholine rings is 1. The maximum Gasteiger partial charge on any atom is 0.256 e. The molecule has 0 spiro atoms. The average Bonchev–Trinajstić information content (AvgIpc) is 3.11. The number of hydrogen-bond donors (Lipinski definition) is 2. The number of ether oxygens (including phenoxy) is 1. The van der Waals surface area contributed by atoms with Crippen molar-refractivity contribution in [3.63, 3.8) is 0 Å². The minimum absolute atomic E-state index is 0.00350. The van der Waals surface area contributed by atoms with Crippen LogP contribution < -0.4 is 10.6 Å². The number of hydrogen-bond acceptors (Lipinski definition) is 4. The summed E-state index contributed by atoms with van der Waals surface area (Å²) >= 11 is 6.05. The highest BCUT2D eigenvalue weighted by molar-refractivity contribution is 6.31. The number of likely N-dealkylation sites (tertiary alicyclic amines) is 1. The molecule has 0 radical (unpaired) electrons. The average molecular weight is 352 g/mol. The monoisotopic (exact) mass is 351 g/mol. The lowest BCUT2D eigenvalue weighted by Crippen LogP contribution is -2.43. The molecule has 0 bridgehead atoms. The van der Waals surface area contributed by atoms with Crippen molar-refractivity contribution < 1.29 is 14.3 Å². The molecule has 130 valence electrons. The van der Waals surface area contributed by atoms with Gasteiger partial charge in [0.05, 0.1) is 24.5 Å². The third kappa shape index (κ3) is 4.26. The van der Waals surface area contributed by atoms with Crippen molar-refractivity contribution in [3.8, 4) is 0 Å². The molecule has 1 atom stereocenters. The lowest BCUT2D eigenvalue weighted by Gasteiger charge is -2.23. The van der Waals surface area contributed by atoms with Gasteiger partial charge < -0.3 is 20.3 Å². The van der Waals surface area contributed by atoms with Crippen LogP contribution in [0.4, 0.5) is 5.69 Å². The number of halogens is 1. The standard InChI is InChI=1S/C17H22ClN3O3/c18-12-3-4-15(14(9-12)17(23)21-6-1-2-7-21)20-16(22)10-13-11-24-8-5-19-13/h3-4,9,13,19H,1-2,5-8,10-11H2,(H,20,22). The van der Waals surface area contributed by atoms with Crippen LogP contribution in [0.5, 0.6) is 0 Å². The molecule has 3 rings (SSSR count). The van der Waals surface area contributed by atoms with Gasteiger partial charge in [-0.15, -0.1) is 0 Å². The largest absolute Gasteiger partial charge is 0.378 e. The lowest BCUT2D eigenvalue weighted by atomic mass is 10.1. The topological polar surface area (TPSA) is 70.7 Å². The van der Waals surface area contributed by atoms with E-state index in [4.69, 9.17) is 16.3 Å². The second-order valence-electron chi connectivity index (χ2n) is 6.17. The number of carbonyl (C=O) groups is 2. The van der Waals surface area contributed by atoms with E-state index in [9.17, 15) is 9.59 Å². The Balaban J connectivity index is 1.69. The molecule has 2 saturated heterocycles. The molecule has 2 fully saturated rings. The summed E-state index contributed by atoms with van der Waals surface area (Å²) in [6, 6.07) is 5.00. The van der Waals surface area contributed by atoms with E-state index in [0.717, 1.165) is 32.5 Å². The first-order valence-corrected chi connectivity index (χ1v) is 8.71. The predicted molar refractivity (Wildman–Crippen MR) is 92.4 cm³/mol. The Labute approximate surface area is 146 Å². The fourth-order valence-corrected chi connectivity index (χ4v) is 3.24. The molecule has 1 unspecified atom stereocenters. The van der Waals surface area contributed by atoms with Crippen LogP contribution in [0.25, 0.3) is 0 Å². The van der Waals surface area contributed by atoms with Gasteiger partial charge in [0.15, 0.2) is 0 Å². The van der Waals surface area contributed by atoms with Gasteiger partial charge in [-0.1, -0.05) is 11.6 Å². The Morgan fingerprint density at radius 1 is 1.33 bits per heavy atom. The van der Waals surface area contributed by atoms with Gasteiger partial charge in [0, 0.05) is 37.1 Å². The zero-order valence-corrected chi connectivity index (χ0v) is 14.3. The van der Waals surface area contributed by atoms with Crippen LogP contribution in [-0.2, 0) is 9.53 Å². The molecule has 2 N–H and O–H groups in total. The Bertz CT molecular complexity index is 611. The van der Waals surface area contributed by atoms with E-state index in [2.05, 4.69) is 10.6 Å². The van der Waals surface area contributed by atoms with E-state index >= 15 is 0 Å². The fourth-order valence-electron chi connectivity index (χ4n) is 3.07. The van der Waals surface area contributed by atoms with Crippen LogP contribution in [0.15, 0.2) is 18.2 Å². The molecule has 0 aliphatic carbocycles. The fraction of sp³-hybridized carbons (Fsp3) is 0.529. The molecule has 1 aromatic carbocycles. The molecule has 7 heteroatoms. The minimum Gasteiger partial charge on any atom is -0.378 e. The van der Waals surface area contributed by atoms with E-state index in [-0.39, 0.29) is 17.9 Å². The van der Waals surface area contributed by atoms with Crippen molar-refractivity contribution in [2.24, 2.45) is 0 Å². The van der Waals surface area contributed by atoms with E-state index in [1.54, 1.807) is 23.1 Å². The quantitative estimate of drug-likeness (QED) is 0.869. The van der Waals surface area contributed by atoms with Gasteiger partial charge >= 0.3 is 0 Å². The third-order valence-corrected chi connectivity index (χ3v) is 4.54. The second kappa shape index (κ2) is 7.96. The van der Waals surface area contributed by atoms with Crippen molar-refractivity contribution in [1.29, 1.82) is 0 Å². The molecule has 1 aromatic rings. The smallest absolute Gasteiger partial charge is 0.256 e. The number of nitrogens with zero attached hydrogens (tertiary/aromatic N) is 1. The molecule has 2 aliphatic rings. The summed E-state index contributed by atoms with van der Waals surface area (Å²) in [6.45, 7) is 3.44. The van der Waals surface area contributed by atoms with Gasteiger partial charge in [-0.2, -0.15) is 0 Å². The van der Waals surface area contributed by atoms with Crippen LogP contribution in [0.2, 0.25) is 5.02 Å². The van der Waals surface area contributed by atoms with Crippen LogP contribution in [0.1, 0.15) is 29.6 Å². The molecule has 2 amide bonds. The Morgan fingerprint density at radius 3 is 2.83 bits per heavy atom. The number of benzene rings is 1. The van der Waals surface area contributed by atoms with Crippen LogP contribution in [0.3, 0.4) is 0 Å². The first kappa shape index (κ1) is 17.2. The highest BCUT2D eigenvalue weighted by Crippen LogP contribution is 2.24. The first-order valence-electron chi connectivity index (χ1n) is 8.33. The summed E-state index contributed by atoms with van der Waals surface area (Å²) in [5.41, 5.74) is 0.962. The second-order valence-corrected chi connectivity index (χ2v) is 6.60. The van der Waals surface area contributed by atoms with Crippen molar-refractivity contribution >= 4 is 29.1 Å². The molecule has 6 nitrogen and oxygen atoms in total. The molecular formula is C17H22ClN3O3. The number of carbonyl (C=O) groups excluding carboxylic acids is 2. The maximum absolute atomic E-state index is 12.7. The van der Waals surface area contributed by atoms with Crippen LogP contribution >= 0.6 is 11.6 Å². The maximum atomic E-state index is 12.7. The summed E-state index contributed by atoms with van der Waals surface area (Å²) in [6.07, 6.45) is 2.34. The Hall–Kier alpha value is -1.63. The SMILES string of the molecule is O=C(CC1COCCN1)Nc1ccc(Cl)cc1C(=O)N1CCCC1. The molecular weight excluding hydrogens is 330 g/mol. The summed E-state index contributed by atoms with van der Waals surface area (Å²) in [4.78, 5) is 26.8. The van der Waals surface area contributed by atoms with Gasteiger partial charge in [0.2, 0.25) is 5.91 Å². The van der Waals surface area contributed by atoms with Crippen molar-refractivity contribution in [1.82, 2.24) is 10.2 Å². The van der Waals surface area contributed by atoms with Crippen LogP contribution in [0, 0.1) is 0 Å². The van der Waals surface area contributed by atoms with Gasteiger partial charge in [0.1, 0.15) is 0 Å². The van der Waals surface area contributed by atoms with E-state index < -0.39 is 0 Å². The van der Waals surface area contributed by atoms with Gasteiger partial charge in [-0.05, 0) is 31.0 Å². The molecule has 0 aromatic heterocycles. The summed E-state index contributed by atoms with van der Waals surface area (Å²) in [5, 5.41) is 6.58. The molecule has 2 aliphatic heterocycles. The summed E-state index contributed by atoms with van der Waals surface area (Å²) in [5.74, 6) is -0.222. The lowest BCUT2D eigenvalue weighted by molar-refractivity contribution is -0.117. The summed E-state index contributed by atoms with van der Waals surface area (Å²) < 4.78 is 5.36. The highest BCUT2D eigenvalue weighted by atomic mass is 35.5. The van der Waals surface area contributed by atoms with Gasteiger partial charge in [-0.25, -0.2) is 0 Å². The number of amides is 2. The summed E-state index contributed by atoms with van der Waals surface area (Å²) in [7, 11) is 0. The van der Waals surface area contributed by atoms with Crippen LogP contribution in [-0.4, -0.2) is 55.6 Å². The number of nitrogens with one attached hydrogen (secondary N) is 2.